The Bertz CT molecular complexity index is 385. The van der Waals surface area contributed by atoms with Gasteiger partial charge in [-0.25, -0.2) is 5.43 Å². The molecule has 0 spiro atoms. The minimum absolute atomic E-state index is 0.182. The molecule has 0 aliphatic rings. The first-order valence-electron chi connectivity index (χ1n) is 5.68. The highest BCUT2D eigenvalue weighted by Gasteiger charge is 2.00. The molecule has 0 unspecified atom stereocenters. The van der Waals surface area contributed by atoms with E-state index >= 15 is 0 Å². The first-order chi connectivity index (χ1) is 8.11. The Morgan fingerprint density at radius 2 is 2.12 bits per heavy atom. The summed E-state index contributed by atoms with van der Waals surface area (Å²) in [5.41, 5.74) is 3.26. The van der Waals surface area contributed by atoms with E-state index in [0.717, 1.165) is 17.7 Å². The molecule has 0 heterocycles. The maximum atomic E-state index is 10.6. The summed E-state index contributed by atoms with van der Waals surface area (Å²) >= 11 is 0. The molecule has 0 saturated heterocycles. The number of carbonyl (C=O) groups is 1. The van der Waals surface area contributed by atoms with Crippen LogP contribution in [0.5, 0.6) is 5.75 Å². The van der Waals surface area contributed by atoms with Crippen LogP contribution in [0.4, 0.5) is 0 Å². The van der Waals surface area contributed by atoms with E-state index in [0.29, 0.717) is 0 Å². The van der Waals surface area contributed by atoms with Gasteiger partial charge in [0.15, 0.2) is 0 Å². The van der Waals surface area contributed by atoms with Gasteiger partial charge in [0.1, 0.15) is 5.75 Å². The Kier molecular flexibility index (Phi) is 5.20. The molecule has 1 aromatic carbocycles. The molecule has 1 atom stereocenters. The van der Waals surface area contributed by atoms with Crippen molar-refractivity contribution >= 4 is 12.1 Å². The highest BCUT2D eigenvalue weighted by atomic mass is 16.5. The Morgan fingerprint density at radius 3 is 2.65 bits per heavy atom. The third-order valence-corrected chi connectivity index (χ3v) is 2.23. The molecular formula is C13H18N2O2. The number of hydrogen-bond donors (Lipinski definition) is 1. The molecule has 0 aliphatic carbocycles. The second kappa shape index (κ2) is 6.68. The highest BCUT2D eigenvalue weighted by molar-refractivity contribution is 5.81. The number of hydrazone groups is 1. The summed E-state index contributed by atoms with van der Waals surface area (Å²) < 4.78 is 5.65. The van der Waals surface area contributed by atoms with E-state index in [4.69, 9.17) is 4.74 Å². The monoisotopic (exact) mass is 234 g/mol. The van der Waals surface area contributed by atoms with E-state index in [1.165, 1.54) is 6.92 Å². The molecule has 0 fully saturated rings. The van der Waals surface area contributed by atoms with E-state index in [2.05, 4.69) is 17.5 Å². The van der Waals surface area contributed by atoms with Crippen LogP contribution in [0.2, 0.25) is 0 Å². The van der Waals surface area contributed by atoms with Gasteiger partial charge >= 0.3 is 0 Å². The summed E-state index contributed by atoms with van der Waals surface area (Å²) in [5.74, 6) is 0.661. The third kappa shape index (κ3) is 5.15. The van der Waals surface area contributed by atoms with Gasteiger partial charge in [-0.1, -0.05) is 6.92 Å². The number of nitrogens with zero attached hydrogens (tertiary/aromatic N) is 1. The standard InChI is InChI=1S/C13H18N2O2/c1-4-10(2)17-13-7-5-12(6-8-13)9-14-15-11(3)16/h5-10H,4H2,1-3H3,(H,15,16)/b14-9-/t10-/m1/s1. The van der Waals surface area contributed by atoms with Crippen molar-refractivity contribution in [3.63, 3.8) is 0 Å². The maximum absolute atomic E-state index is 10.6. The van der Waals surface area contributed by atoms with Crippen LogP contribution in [-0.4, -0.2) is 18.2 Å². The SMILES string of the molecule is CC[C@@H](C)Oc1ccc(/C=N\NC(C)=O)cc1. The zero-order valence-corrected chi connectivity index (χ0v) is 10.4. The number of ether oxygens (including phenoxy) is 1. The summed E-state index contributed by atoms with van der Waals surface area (Å²) in [6, 6.07) is 7.56. The Balaban J connectivity index is 2.55. The van der Waals surface area contributed by atoms with Crippen molar-refractivity contribution in [3.05, 3.63) is 29.8 Å². The molecule has 0 bridgehead atoms. The molecule has 0 radical (unpaired) electrons. The van der Waals surface area contributed by atoms with Crippen molar-refractivity contribution in [1.82, 2.24) is 5.43 Å². The van der Waals surface area contributed by atoms with E-state index in [1.54, 1.807) is 6.21 Å². The number of carbonyl (C=O) groups excluding carboxylic acids is 1. The smallest absolute Gasteiger partial charge is 0.236 e. The van der Waals surface area contributed by atoms with Gasteiger partial charge in [-0.2, -0.15) is 5.10 Å². The number of amides is 1. The van der Waals surface area contributed by atoms with Crippen molar-refractivity contribution in [2.75, 3.05) is 0 Å². The summed E-state index contributed by atoms with van der Waals surface area (Å²) in [7, 11) is 0. The predicted octanol–water partition coefficient (Wildman–Crippen LogP) is 2.33. The second-order valence-electron chi connectivity index (χ2n) is 3.83. The molecule has 4 nitrogen and oxygen atoms in total. The van der Waals surface area contributed by atoms with Crippen LogP contribution in [0.15, 0.2) is 29.4 Å². The molecule has 0 saturated carbocycles. The van der Waals surface area contributed by atoms with Gasteiger partial charge in [0.2, 0.25) is 5.91 Å². The van der Waals surface area contributed by atoms with Gasteiger partial charge in [0, 0.05) is 6.92 Å². The van der Waals surface area contributed by atoms with Crippen LogP contribution in [0.3, 0.4) is 0 Å². The van der Waals surface area contributed by atoms with Crippen molar-refractivity contribution < 1.29 is 9.53 Å². The van der Waals surface area contributed by atoms with Crippen LogP contribution in [0.25, 0.3) is 0 Å². The lowest BCUT2D eigenvalue weighted by Crippen LogP contribution is -2.12. The fraction of sp³-hybridized carbons (Fsp3) is 0.385. The number of benzene rings is 1. The normalized spacial score (nSPS) is 12.4. The van der Waals surface area contributed by atoms with Crippen LogP contribution >= 0.6 is 0 Å². The Labute approximate surface area is 102 Å². The van der Waals surface area contributed by atoms with Crippen molar-refractivity contribution in [1.29, 1.82) is 0 Å². The number of hydrogen-bond acceptors (Lipinski definition) is 3. The molecule has 0 aliphatic heterocycles. The van der Waals surface area contributed by atoms with Crippen molar-refractivity contribution in [3.8, 4) is 5.75 Å². The maximum Gasteiger partial charge on any atom is 0.236 e. The summed E-state index contributed by atoms with van der Waals surface area (Å²) in [6.45, 7) is 5.53. The molecule has 1 N–H and O–H groups in total. The van der Waals surface area contributed by atoms with Crippen LogP contribution in [0, 0.1) is 0 Å². The lowest BCUT2D eigenvalue weighted by molar-refractivity contribution is -0.118. The number of nitrogens with one attached hydrogen (secondary N) is 1. The zero-order valence-electron chi connectivity index (χ0n) is 10.4. The van der Waals surface area contributed by atoms with Gasteiger partial charge in [0.05, 0.1) is 12.3 Å². The van der Waals surface area contributed by atoms with Crippen molar-refractivity contribution in [2.45, 2.75) is 33.3 Å². The predicted molar refractivity (Wildman–Crippen MR) is 68.2 cm³/mol. The fourth-order valence-electron chi connectivity index (χ4n) is 1.15. The summed E-state index contributed by atoms with van der Waals surface area (Å²) in [4.78, 5) is 10.6. The Morgan fingerprint density at radius 1 is 1.47 bits per heavy atom. The molecule has 92 valence electrons. The zero-order chi connectivity index (χ0) is 12.7. The molecule has 1 aromatic rings. The second-order valence-corrected chi connectivity index (χ2v) is 3.83. The van der Waals surface area contributed by atoms with Gasteiger partial charge < -0.3 is 4.74 Å². The first kappa shape index (κ1) is 13.2. The van der Waals surface area contributed by atoms with Gasteiger partial charge in [-0.3, -0.25) is 4.79 Å². The van der Waals surface area contributed by atoms with E-state index < -0.39 is 0 Å². The van der Waals surface area contributed by atoms with Crippen LogP contribution in [-0.2, 0) is 4.79 Å². The lowest BCUT2D eigenvalue weighted by Gasteiger charge is -2.12. The molecule has 17 heavy (non-hydrogen) atoms. The lowest BCUT2D eigenvalue weighted by atomic mass is 10.2. The van der Waals surface area contributed by atoms with E-state index in [-0.39, 0.29) is 12.0 Å². The van der Waals surface area contributed by atoms with E-state index in [9.17, 15) is 4.79 Å². The third-order valence-electron chi connectivity index (χ3n) is 2.23. The van der Waals surface area contributed by atoms with Gasteiger partial charge in [-0.15, -0.1) is 0 Å². The first-order valence-corrected chi connectivity index (χ1v) is 5.68. The topological polar surface area (TPSA) is 50.7 Å². The van der Waals surface area contributed by atoms with Crippen LogP contribution < -0.4 is 10.2 Å². The molecular weight excluding hydrogens is 216 g/mol. The summed E-state index contributed by atoms with van der Waals surface area (Å²) in [5, 5.41) is 3.78. The minimum Gasteiger partial charge on any atom is -0.491 e. The largest absolute Gasteiger partial charge is 0.491 e. The Hall–Kier alpha value is -1.84. The average molecular weight is 234 g/mol. The summed E-state index contributed by atoms with van der Waals surface area (Å²) in [6.07, 6.45) is 2.79. The quantitative estimate of drug-likeness (QED) is 0.628. The fourth-order valence-corrected chi connectivity index (χ4v) is 1.15. The van der Waals surface area contributed by atoms with Gasteiger partial charge in [0.25, 0.3) is 0 Å². The molecule has 1 amide bonds. The molecule has 0 aromatic heterocycles. The molecule has 4 heteroatoms. The highest BCUT2D eigenvalue weighted by Crippen LogP contribution is 2.13. The van der Waals surface area contributed by atoms with Gasteiger partial charge in [-0.05, 0) is 43.2 Å². The van der Waals surface area contributed by atoms with Crippen molar-refractivity contribution in [2.24, 2.45) is 5.10 Å². The minimum atomic E-state index is -0.182. The van der Waals surface area contributed by atoms with E-state index in [1.807, 2.05) is 31.2 Å². The molecule has 1 rings (SSSR count). The van der Waals surface area contributed by atoms with Crippen LogP contribution in [0.1, 0.15) is 32.8 Å². The average Bonchev–Trinajstić information content (AvgIpc) is 2.31. The number of rotatable bonds is 5.